The van der Waals surface area contributed by atoms with Gasteiger partial charge in [-0.3, -0.25) is 4.57 Å². The number of rotatable bonds is 6. The predicted octanol–water partition coefficient (Wildman–Crippen LogP) is 1.02. The van der Waals surface area contributed by atoms with Crippen LogP contribution in [0.3, 0.4) is 0 Å². The van der Waals surface area contributed by atoms with Gasteiger partial charge in [0.15, 0.2) is 6.23 Å². The van der Waals surface area contributed by atoms with Gasteiger partial charge >= 0.3 is 5.69 Å². The first kappa shape index (κ1) is 24.3. The zero-order valence-electron chi connectivity index (χ0n) is 19.5. The number of aliphatic hydroxyl groups is 2. The zero-order chi connectivity index (χ0) is 24.5. The van der Waals surface area contributed by atoms with E-state index >= 15 is 0 Å². The number of aliphatic hydroxyl groups excluding tert-OH is 2. The lowest BCUT2D eigenvalue weighted by Crippen LogP contribution is -2.67. The molecule has 4 atom stereocenters. The number of nitrogen functional groups attached to an aromatic ring is 1. The van der Waals surface area contributed by atoms with Crippen molar-refractivity contribution in [1.82, 2.24) is 9.55 Å². The first-order chi connectivity index (χ1) is 16.1. The monoisotopic (exact) mass is 481 g/mol. The maximum atomic E-state index is 12.3. The molecular weight excluding hydrogens is 450 g/mol. The van der Waals surface area contributed by atoms with Gasteiger partial charge in [0.1, 0.15) is 24.1 Å². The van der Waals surface area contributed by atoms with Crippen LogP contribution in [0.15, 0.2) is 77.7 Å². The lowest BCUT2D eigenvalue weighted by atomic mass is 10.1. The third-order valence-electron chi connectivity index (χ3n) is 6.34. The Kier molecular flexibility index (Phi) is 6.75. The van der Waals surface area contributed by atoms with Crippen molar-refractivity contribution in [3.05, 3.63) is 83.4 Å². The molecule has 9 heteroatoms. The highest BCUT2D eigenvalue weighted by Gasteiger charge is 2.52. The summed E-state index contributed by atoms with van der Waals surface area (Å²) < 4.78 is 13.9. The quantitative estimate of drug-likeness (QED) is 0.450. The van der Waals surface area contributed by atoms with Crippen LogP contribution in [0.25, 0.3) is 0 Å². The number of hydrogen-bond donors (Lipinski definition) is 3. The van der Waals surface area contributed by atoms with E-state index < -0.39 is 38.5 Å². The molecule has 1 aliphatic heterocycles. The highest BCUT2D eigenvalue weighted by atomic mass is 28.4. The molecule has 0 amide bonds. The van der Waals surface area contributed by atoms with E-state index in [4.69, 9.17) is 14.9 Å². The van der Waals surface area contributed by atoms with Gasteiger partial charge in [-0.05, 0) is 21.5 Å². The number of hydrogen-bond acceptors (Lipinski definition) is 7. The van der Waals surface area contributed by atoms with Gasteiger partial charge in [-0.25, -0.2) is 4.79 Å². The van der Waals surface area contributed by atoms with Crippen LogP contribution >= 0.6 is 0 Å². The van der Waals surface area contributed by atoms with Crippen molar-refractivity contribution in [2.45, 2.75) is 50.3 Å². The Morgan fingerprint density at radius 3 is 2.06 bits per heavy atom. The second kappa shape index (κ2) is 9.44. The molecule has 34 heavy (non-hydrogen) atoms. The van der Waals surface area contributed by atoms with Gasteiger partial charge in [-0.1, -0.05) is 81.4 Å². The topological polar surface area (TPSA) is 120 Å². The van der Waals surface area contributed by atoms with E-state index in [1.807, 2.05) is 36.4 Å². The maximum absolute atomic E-state index is 12.3. The fraction of sp³-hybridized carbons (Fsp3) is 0.360. The number of benzene rings is 2. The Bertz CT molecular complexity index is 1130. The predicted molar refractivity (Wildman–Crippen MR) is 132 cm³/mol. The summed E-state index contributed by atoms with van der Waals surface area (Å²) in [5.41, 5.74) is 4.91. The third-order valence-corrected chi connectivity index (χ3v) is 11.3. The van der Waals surface area contributed by atoms with Crippen molar-refractivity contribution in [3.8, 4) is 0 Å². The normalized spacial score (nSPS) is 23.2. The number of aromatic nitrogens is 2. The van der Waals surface area contributed by atoms with Gasteiger partial charge in [0.25, 0.3) is 8.32 Å². The maximum Gasteiger partial charge on any atom is 0.351 e. The molecule has 0 saturated carbocycles. The Balaban J connectivity index is 1.68. The molecule has 4 rings (SSSR count). The lowest BCUT2D eigenvalue weighted by molar-refractivity contribution is -0.0526. The molecule has 4 N–H and O–H groups in total. The summed E-state index contributed by atoms with van der Waals surface area (Å²) in [6, 6.07) is 21.7. The molecule has 0 bridgehead atoms. The Morgan fingerprint density at radius 1 is 1.00 bits per heavy atom. The molecule has 0 spiro atoms. The summed E-state index contributed by atoms with van der Waals surface area (Å²) in [6.45, 7) is 6.51. The molecule has 0 unspecified atom stereocenters. The van der Waals surface area contributed by atoms with Crippen LogP contribution in [0.1, 0.15) is 27.0 Å². The van der Waals surface area contributed by atoms with E-state index in [9.17, 15) is 15.0 Å². The first-order valence-corrected chi connectivity index (χ1v) is 13.2. The fourth-order valence-corrected chi connectivity index (χ4v) is 9.25. The second-order valence-electron chi connectivity index (χ2n) is 9.56. The number of nitrogens with zero attached hydrogens (tertiary/aromatic N) is 2. The Morgan fingerprint density at radius 2 is 1.56 bits per heavy atom. The minimum absolute atomic E-state index is 0.0408. The summed E-state index contributed by atoms with van der Waals surface area (Å²) >= 11 is 0. The van der Waals surface area contributed by atoms with Gasteiger partial charge in [0.2, 0.25) is 0 Å². The van der Waals surface area contributed by atoms with Gasteiger partial charge in [0, 0.05) is 6.20 Å². The van der Waals surface area contributed by atoms with Crippen LogP contribution in [-0.4, -0.2) is 53.0 Å². The molecule has 2 heterocycles. The number of anilines is 1. The number of ether oxygens (including phenoxy) is 1. The van der Waals surface area contributed by atoms with Crippen molar-refractivity contribution >= 4 is 24.5 Å². The Labute approximate surface area is 199 Å². The third kappa shape index (κ3) is 4.33. The molecule has 8 nitrogen and oxygen atoms in total. The van der Waals surface area contributed by atoms with Crippen molar-refractivity contribution in [2.24, 2.45) is 0 Å². The highest BCUT2D eigenvalue weighted by molar-refractivity contribution is 6.99. The highest BCUT2D eigenvalue weighted by Crippen LogP contribution is 2.38. The molecule has 1 aliphatic rings. The Hall–Kier alpha value is -2.82. The first-order valence-electron chi connectivity index (χ1n) is 11.3. The van der Waals surface area contributed by atoms with Gasteiger partial charge in [-0.15, -0.1) is 0 Å². The second-order valence-corrected chi connectivity index (χ2v) is 13.9. The molecule has 0 aliphatic carbocycles. The van der Waals surface area contributed by atoms with Crippen LogP contribution in [0.4, 0.5) is 5.82 Å². The molecular formula is C25H31N3O5Si. The molecule has 180 valence electrons. The smallest absolute Gasteiger partial charge is 0.351 e. The van der Waals surface area contributed by atoms with E-state index in [0.717, 1.165) is 14.9 Å². The van der Waals surface area contributed by atoms with Crippen molar-refractivity contribution < 1.29 is 19.4 Å². The SMILES string of the molecule is CC(C)(C)[Si](OC[C@H]1O[C@@H](n2ccc(N)nc2=O)[C@H](O)[C@@H]1O)(c1ccccc1)c1ccccc1. The van der Waals surface area contributed by atoms with E-state index in [2.05, 4.69) is 50.0 Å². The van der Waals surface area contributed by atoms with E-state index in [-0.39, 0.29) is 17.5 Å². The summed E-state index contributed by atoms with van der Waals surface area (Å²) in [5.74, 6) is 0.0702. The van der Waals surface area contributed by atoms with E-state index in [1.54, 1.807) is 0 Å². The largest absolute Gasteiger partial charge is 0.405 e. The molecule has 1 saturated heterocycles. The minimum Gasteiger partial charge on any atom is -0.405 e. The number of nitrogens with two attached hydrogens (primary N) is 1. The van der Waals surface area contributed by atoms with Crippen LogP contribution in [0.2, 0.25) is 5.04 Å². The van der Waals surface area contributed by atoms with Crippen LogP contribution in [0.5, 0.6) is 0 Å². The fourth-order valence-electron chi connectivity index (χ4n) is 4.68. The van der Waals surface area contributed by atoms with Crippen molar-refractivity contribution in [2.75, 3.05) is 12.3 Å². The van der Waals surface area contributed by atoms with Crippen LogP contribution in [-0.2, 0) is 9.16 Å². The van der Waals surface area contributed by atoms with Crippen molar-refractivity contribution in [3.63, 3.8) is 0 Å². The standard InChI is InChI=1S/C25H31N3O5Si/c1-25(2,3)34(17-10-6-4-7-11-17,18-12-8-5-9-13-18)32-16-19-21(29)22(30)23(33-19)28-15-14-20(26)27-24(28)31/h4-15,19,21-23,29-30H,16H2,1-3H3,(H2,26,27,31)/t19-,21-,22-,23-/m1/s1. The molecule has 0 radical (unpaired) electrons. The molecule has 1 aromatic heterocycles. The average molecular weight is 482 g/mol. The molecule has 2 aromatic carbocycles. The average Bonchev–Trinajstić information content (AvgIpc) is 3.08. The summed E-state index contributed by atoms with van der Waals surface area (Å²) in [7, 11) is -2.86. The lowest BCUT2D eigenvalue weighted by Gasteiger charge is -2.43. The van der Waals surface area contributed by atoms with Gasteiger partial charge in [-0.2, -0.15) is 4.98 Å². The minimum atomic E-state index is -2.86. The van der Waals surface area contributed by atoms with Crippen LogP contribution in [0, 0.1) is 0 Å². The van der Waals surface area contributed by atoms with Gasteiger partial charge in [0.05, 0.1) is 6.61 Å². The van der Waals surface area contributed by atoms with Crippen molar-refractivity contribution in [1.29, 1.82) is 0 Å². The van der Waals surface area contributed by atoms with Gasteiger partial charge < -0.3 is 25.1 Å². The molecule has 3 aromatic rings. The van der Waals surface area contributed by atoms with E-state index in [0.29, 0.717) is 0 Å². The summed E-state index contributed by atoms with van der Waals surface area (Å²) in [4.78, 5) is 16.0. The van der Waals surface area contributed by atoms with E-state index in [1.165, 1.54) is 12.3 Å². The van der Waals surface area contributed by atoms with Crippen LogP contribution < -0.4 is 21.8 Å². The summed E-state index contributed by atoms with van der Waals surface area (Å²) in [5, 5.41) is 23.4. The molecule has 1 fully saturated rings. The zero-order valence-corrected chi connectivity index (χ0v) is 20.5. The summed E-state index contributed by atoms with van der Waals surface area (Å²) in [6.07, 6.45) is -3.10.